The summed E-state index contributed by atoms with van der Waals surface area (Å²) in [4.78, 5) is -0.123. The van der Waals surface area contributed by atoms with E-state index in [1.165, 1.54) is 4.68 Å². The number of anilines is 1. The molecule has 1 aromatic heterocycles. The van der Waals surface area contributed by atoms with Crippen molar-refractivity contribution in [2.24, 2.45) is 11.4 Å². The van der Waals surface area contributed by atoms with Crippen molar-refractivity contribution in [2.75, 3.05) is 11.6 Å². The van der Waals surface area contributed by atoms with Crippen LogP contribution >= 0.6 is 46.6 Å². The molecule has 1 heterocycles. The van der Waals surface area contributed by atoms with Gasteiger partial charge in [-0.05, 0) is 31.4 Å². The molecule has 0 saturated heterocycles. The van der Waals surface area contributed by atoms with Gasteiger partial charge < -0.3 is 5.32 Å². The highest BCUT2D eigenvalue weighted by Crippen LogP contribution is 2.28. The number of thioether (sulfide) groups is 1. The van der Waals surface area contributed by atoms with Crippen LogP contribution in [-0.4, -0.2) is 29.6 Å². The van der Waals surface area contributed by atoms with E-state index in [9.17, 15) is 8.42 Å². The summed E-state index contributed by atoms with van der Waals surface area (Å²) in [6.07, 6.45) is 1.68. The summed E-state index contributed by atoms with van der Waals surface area (Å²) in [7, 11) is -2.48. The van der Waals surface area contributed by atoms with E-state index in [1.54, 1.807) is 38.4 Å². The maximum Gasteiger partial charge on any atom is 0.289 e. The lowest BCUT2D eigenvalue weighted by molar-refractivity contribution is 0.597. The van der Waals surface area contributed by atoms with Crippen molar-refractivity contribution < 1.29 is 8.42 Å². The Hall–Kier alpha value is -0.930. The van der Waals surface area contributed by atoms with Crippen molar-refractivity contribution in [3.05, 3.63) is 39.1 Å². The van der Waals surface area contributed by atoms with Gasteiger partial charge >= 0.3 is 0 Å². The van der Waals surface area contributed by atoms with Crippen molar-refractivity contribution in [1.29, 1.82) is 0 Å². The smallest absolute Gasteiger partial charge is 0.289 e. The lowest BCUT2D eigenvalue weighted by Crippen LogP contribution is -2.11. The number of amidine groups is 1. The van der Waals surface area contributed by atoms with Gasteiger partial charge in [0.15, 0.2) is 5.17 Å². The van der Waals surface area contributed by atoms with Gasteiger partial charge in [-0.25, -0.2) is 0 Å². The zero-order valence-corrected chi connectivity index (χ0v) is 16.7. The predicted octanol–water partition coefficient (Wildman–Crippen LogP) is 4.21. The lowest BCUT2D eigenvalue weighted by Gasteiger charge is -2.09. The number of aromatic nitrogens is 2. The fourth-order valence-electron chi connectivity index (χ4n) is 1.88. The number of rotatable bonds is 3. The van der Waals surface area contributed by atoms with Crippen LogP contribution in [0, 0.1) is 6.92 Å². The average Bonchev–Trinajstić information content (AvgIpc) is 2.74. The number of hydrogen-bond donors (Lipinski definition) is 1. The Labute approximate surface area is 159 Å². The van der Waals surface area contributed by atoms with Crippen molar-refractivity contribution >= 4 is 67.4 Å². The number of hydrogen-bond acceptors (Lipinski definition) is 4. The Bertz CT molecular complexity index is 910. The average molecular weight is 428 g/mol. The predicted molar refractivity (Wildman–Crippen MR) is 101 cm³/mol. The second-order valence-corrected chi connectivity index (χ2v) is 8.19. The van der Waals surface area contributed by atoms with Crippen LogP contribution in [0.5, 0.6) is 0 Å². The number of halogens is 3. The molecule has 0 amide bonds. The van der Waals surface area contributed by atoms with E-state index < -0.39 is 10.0 Å². The van der Waals surface area contributed by atoms with Crippen LogP contribution in [0.2, 0.25) is 15.2 Å². The third-order valence-electron chi connectivity index (χ3n) is 2.93. The number of benzene rings is 1. The molecule has 11 heteroatoms. The second-order valence-electron chi connectivity index (χ2n) is 4.65. The fraction of sp³-hybridized carbons (Fsp3) is 0.231. The van der Waals surface area contributed by atoms with Crippen LogP contribution in [-0.2, 0) is 17.1 Å². The standard InChI is InChI=1S/C13H13Cl3N4O2S2/c1-7-11(12(16)20(2)18-7)24(21,22)19-13(23-3)17-10-5-4-8(14)6-9(10)15/h4-6H,1-3H3,(H,17,19). The zero-order valence-electron chi connectivity index (χ0n) is 12.8. The molecule has 0 aliphatic carbocycles. The number of sulfonamides is 1. The third kappa shape index (κ3) is 4.18. The van der Waals surface area contributed by atoms with Crippen molar-refractivity contribution in [2.45, 2.75) is 11.8 Å². The summed E-state index contributed by atoms with van der Waals surface area (Å²) < 4.78 is 30.2. The van der Waals surface area contributed by atoms with Crippen LogP contribution in [0.4, 0.5) is 5.69 Å². The maximum atomic E-state index is 12.6. The molecule has 0 bridgehead atoms. The molecule has 0 unspecified atom stereocenters. The van der Waals surface area contributed by atoms with Gasteiger partial charge in [0.05, 0.1) is 16.4 Å². The molecule has 130 valence electrons. The summed E-state index contributed by atoms with van der Waals surface area (Å²) in [6.45, 7) is 1.55. The normalized spacial score (nSPS) is 12.5. The van der Waals surface area contributed by atoms with Gasteiger partial charge in [-0.1, -0.05) is 46.6 Å². The Morgan fingerprint density at radius 2 is 2.00 bits per heavy atom. The molecule has 24 heavy (non-hydrogen) atoms. The van der Waals surface area contributed by atoms with Crippen molar-refractivity contribution in [1.82, 2.24) is 9.78 Å². The molecular weight excluding hydrogens is 415 g/mol. The third-order valence-corrected chi connectivity index (χ3v) is 6.14. The highest BCUT2D eigenvalue weighted by atomic mass is 35.5. The molecule has 0 aliphatic heterocycles. The molecule has 0 fully saturated rings. The number of aryl methyl sites for hydroxylation is 2. The first-order valence-corrected chi connectivity index (χ1v) is 10.3. The maximum absolute atomic E-state index is 12.6. The Morgan fingerprint density at radius 3 is 2.50 bits per heavy atom. The minimum Gasteiger partial charge on any atom is -0.333 e. The highest BCUT2D eigenvalue weighted by Gasteiger charge is 2.25. The highest BCUT2D eigenvalue weighted by molar-refractivity contribution is 8.14. The first kappa shape index (κ1) is 19.4. The largest absolute Gasteiger partial charge is 0.333 e. The Balaban J connectivity index is 2.42. The molecule has 1 N–H and O–H groups in total. The van der Waals surface area contributed by atoms with Gasteiger partial charge in [0, 0.05) is 12.1 Å². The fourth-order valence-corrected chi connectivity index (χ4v) is 4.72. The van der Waals surface area contributed by atoms with Gasteiger partial charge in [-0.15, -0.1) is 4.40 Å². The first-order chi connectivity index (χ1) is 11.2. The van der Waals surface area contributed by atoms with E-state index in [2.05, 4.69) is 14.8 Å². The minimum atomic E-state index is -4.03. The van der Waals surface area contributed by atoms with Gasteiger partial charge in [0.1, 0.15) is 10.0 Å². The summed E-state index contributed by atoms with van der Waals surface area (Å²) in [6, 6.07) is 4.80. The molecule has 2 rings (SSSR count). The van der Waals surface area contributed by atoms with Crippen molar-refractivity contribution in [3.8, 4) is 0 Å². The van der Waals surface area contributed by atoms with E-state index in [0.717, 1.165) is 11.8 Å². The topological polar surface area (TPSA) is 76.3 Å². The van der Waals surface area contributed by atoms with E-state index in [1.807, 2.05) is 0 Å². The monoisotopic (exact) mass is 426 g/mol. The van der Waals surface area contributed by atoms with E-state index in [4.69, 9.17) is 34.8 Å². The van der Waals surface area contributed by atoms with Crippen LogP contribution in [0.1, 0.15) is 5.69 Å². The first-order valence-electron chi connectivity index (χ1n) is 6.46. The van der Waals surface area contributed by atoms with Gasteiger partial charge in [0.25, 0.3) is 10.0 Å². The molecule has 6 nitrogen and oxygen atoms in total. The SMILES string of the molecule is CS/C(=N\S(=O)(=O)c1c(C)nn(C)c1Cl)Nc1ccc(Cl)cc1Cl. The minimum absolute atomic E-state index is 0.00114. The quantitative estimate of drug-likeness (QED) is 0.586. The lowest BCUT2D eigenvalue weighted by atomic mass is 10.3. The van der Waals surface area contributed by atoms with Crippen LogP contribution in [0.15, 0.2) is 27.5 Å². The molecule has 0 atom stereocenters. The van der Waals surface area contributed by atoms with Crippen LogP contribution in [0.25, 0.3) is 0 Å². The van der Waals surface area contributed by atoms with Crippen LogP contribution < -0.4 is 5.32 Å². The summed E-state index contributed by atoms with van der Waals surface area (Å²) in [5.74, 6) is 0. The van der Waals surface area contributed by atoms with Gasteiger partial charge in [-0.3, -0.25) is 4.68 Å². The Morgan fingerprint density at radius 1 is 1.33 bits per heavy atom. The molecule has 1 aromatic carbocycles. The number of nitrogens with one attached hydrogen (secondary N) is 1. The van der Waals surface area contributed by atoms with Gasteiger partial charge in [-0.2, -0.15) is 13.5 Å². The van der Waals surface area contributed by atoms with Crippen LogP contribution in [0.3, 0.4) is 0 Å². The molecule has 0 spiro atoms. The van der Waals surface area contributed by atoms with E-state index in [0.29, 0.717) is 15.7 Å². The molecular formula is C13H13Cl3N4O2S2. The Kier molecular flexibility index (Phi) is 6.09. The molecule has 0 saturated carbocycles. The summed E-state index contributed by atoms with van der Waals surface area (Å²) in [5.41, 5.74) is 0.759. The number of nitrogens with zero attached hydrogens (tertiary/aromatic N) is 3. The molecule has 2 aromatic rings. The zero-order chi connectivity index (χ0) is 18.1. The van der Waals surface area contributed by atoms with Crippen molar-refractivity contribution in [3.63, 3.8) is 0 Å². The second kappa shape index (κ2) is 7.53. The van der Waals surface area contributed by atoms with Gasteiger partial charge in [0.2, 0.25) is 0 Å². The van der Waals surface area contributed by atoms with E-state index >= 15 is 0 Å². The molecule has 0 aliphatic rings. The summed E-state index contributed by atoms with van der Waals surface area (Å²) in [5, 5.41) is 7.81. The van der Waals surface area contributed by atoms with E-state index in [-0.39, 0.29) is 20.9 Å². The molecule has 0 radical (unpaired) electrons. The summed E-state index contributed by atoms with van der Waals surface area (Å²) >= 11 is 19.1.